The molecular formula is C105H140Cl3F5N4O3. The van der Waals surface area contributed by atoms with Crippen LogP contribution in [-0.4, -0.2) is 72.2 Å². The highest BCUT2D eigenvalue weighted by molar-refractivity contribution is 6.36. The number of aromatic nitrogens is 3. The summed E-state index contributed by atoms with van der Waals surface area (Å²) in [7, 11) is 2.20. The van der Waals surface area contributed by atoms with E-state index in [0.29, 0.717) is 44.7 Å². The van der Waals surface area contributed by atoms with Crippen LogP contribution in [0.25, 0.3) is 21.5 Å². The van der Waals surface area contributed by atoms with Crippen molar-refractivity contribution >= 4 is 56.3 Å². The standard InChI is InChI=1S/C12H11Cl.C12H11F.C8H8ClF.C8H9Cl.C8H8F2.C8H9F.C8H16.C8H10.C7H15N.C7H9N.C7H14O.C6H8N2.C6H12O2/c2*1-8-3-6-11-10(7-8)5-4-9(2)12(11)13;1-5-3-7(9)6(2)8(10)4-5;1-6-3-4-7(2)8(9)5-6;1-5-3-7(9)6(2)8(10)4-5;1-6-3-4-7(2)8(9)5-6;3*1-7-3-5-8(2)6-4-7;2*1-6-3-4-7(2)8-5-6;2*1-5-3-7-6(2)8-4-5/h2*3-7H,1-2H3;3-4H,1-2H3;3-5H,1-2H3;3-4H,1-2H3;3-5H,1-2H3;7-8H,3-6H2,1-2H3;3-6H,1-2H3;7H,3-6H2,1-2H3;3-5H,1-2H3;6-7H,3-5H2,1-2H3;3-4H,1-2H3;5-6H,3-4H2,1-2H3. The molecule has 15 heteroatoms. The van der Waals surface area contributed by atoms with E-state index in [0.717, 1.165) is 109 Å². The highest BCUT2D eigenvalue weighted by Crippen LogP contribution is 2.30. The number of likely N-dealkylation sites (tertiary alicyclic amines) is 1. The number of benzene rings is 9. The molecule has 15 rings (SSSR count). The topological polar surface area (TPSA) is 69.6 Å². The Morgan fingerprint density at radius 1 is 0.317 bits per heavy atom. The summed E-state index contributed by atoms with van der Waals surface area (Å²) >= 11 is 17.7. The lowest BCUT2D eigenvalue weighted by molar-refractivity contribution is -0.187. The Morgan fingerprint density at radius 2 is 0.700 bits per heavy atom. The van der Waals surface area contributed by atoms with Crippen LogP contribution in [0.15, 0.2) is 176 Å². The van der Waals surface area contributed by atoms with E-state index in [1.54, 1.807) is 39.8 Å². The molecule has 4 aliphatic rings. The van der Waals surface area contributed by atoms with Gasteiger partial charge < -0.3 is 19.1 Å². The zero-order valence-corrected chi connectivity index (χ0v) is 79.3. The summed E-state index contributed by atoms with van der Waals surface area (Å²) in [6.45, 7) is 55.0. The number of hydrogen-bond acceptors (Lipinski definition) is 7. The third kappa shape index (κ3) is 44.2. The Labute approximate surface area is 735 Å². The van der Waals surface area contributed by atoms with Crippen molar-refractivity contribution in [2.24, 2.45) is 29.6 Å². The van der Waals surface area contributed by atoms with Crippen LogP contribution in [0.4, 0.5) is 22.0 Å². The zero-order valence-electron chi connectivity index (χ0n) is 77.0. The van der Waals surface area contributed by atoms with Crippen molar-refractivity contribution in [2.75, 3.05) is 40.0 Å². The summed E-state index contributed by atoms with van der Waals surface area (Å²) < 4.78 is 79.8. The first-order chi connectivity index (χ1) is 56.5. The maximum Gasteiger partial charge on any atom is 0.154 e. The second-order valence-corrected chi connectivity index (χ2v) is 34.7. The first kappa shape index (κ1) is 106. The van der Waals surface area contributed by atoms with E-state index in [9.17, 15) is 22.0 Å². The minimum absolute atomic E-state index is 0.0196. The van der Waals surface area contributed by atoms with E-state index < -0.39 is 11.6 Å². The predicted octanol–water partition coefficient (Wildman–Crippen LogP) is 30.9. The molecule has 0 bridgehead atoms. The smallest absolute Gasteiger partial charge is 0.154 e. The van der Waals surface area contributed by atoms with Crippen LogP contribution in [0.3, 0.4) is 0 Å². The van der Waals surface area contributed by atoms with Crippen LogP contribution < -0.4 is 0 Å². The van der Waals surface area contributed by atoms with Crippen molar-refractivity contribution in [3.05, 3.63) is 321 Å². The minimum Gasteiger partial charge on any atom is -0.378 e. The fraction of sp³-hybridized carbons (Fsp3) is 0.438. The largest absolute Gasteiger partial charge is 0.378 e. The van der Waals surface area contributed by atoms with Gasteiger partial charge in [-0.15, -0.1) is 0 Å². The lowest BCUT2D eigenvalue weighted by Gasteiger charge is -2.26. The van der Waals surface area contributed by atoms with Crippen molar-refractivity contribution in [2.45, 2.75) is 237 Å². The minimum atomic E-state index is -0.475. The molecule has 5 heterocycles. The SMILES string of the molecule is CC1CCC(C)CC1.CC1CCC(C)OC1.CC1CCN(C)CC1.CC1COC(C)OC1.Cc1cc(F)c(C)c(Cl)c1.Cc1cc(F)c(C)c(F)c1.Cc1ccc(C)c(Cl)c1.Cc1ccc(C)c(F)c1.Cc1ccc(C)cc1.Cc1ccc(C)nc1.Cc1ccc2c(Cl)c(C)ccc2c1.Cc1ccc2c(F)c(C)ccc2c1.Cc1cnc(C)nc1. The van der Waals surface area contributed by atoms with Crippen LogP contribution in [0.1, 0.15) is 200 Å². The van der Waals surface area contributed by atoms with Gasteiger partial charge in [-0.2, -0.15) is 0 Å². The lowest BCUT2D eigenvalue weighted by Crippen LogP contribution is -2.28. The number of fused-ring (bicyclic) bond motifs is 2. The highest BCUT2D eigenvalue weighted by Gasteiger charge is 2.16. The van der Waals surface area contributed by atoms with Crippen molar-refractivity contribution in [3.8, 4) is 0 Å². The van der Waals surface area contributed by atoms with E-state index in [1.165, 1.54) is 129 Å². The van der Waals surface area contributed by atoms with Gasteiger partial charge in [-0.05, 0) is 317 Å². The molecule has 654 valence electrons. The van der Waals surface area contributed by atoms with E-state index in [4.69, 9.17) is 49.0 Å². The van der Waals surface area contributed by atoms with E-state index in [1.807, 2.05) is 149 Å². The molecule has 9 aromatic carbocycles. The van der Waals surface area contributed by atoms with E-state index in [2.05, 4.69) is 156 Å². The fourth-order valence-corrected chi connectivity index (χ4v) is 12.6. The quantitative estimate of drug-likeness (QED) is 0.140. The number of pyridine rings is 1. The Kier molecular flexibility index (Phi) is 50.2. The van der Waals surface area contributed by atoms with Gasteiger partial charge in [-0.25, -0.2) is 31.9 Å². The first-order valence-electron chi connectivity index (χ1n) is 42.3. The summed E-state index contributed by atoms with van der Waals surface area (Å²) in [4.78, 5) is 14.4. The summed E-state index contributed by atoms with van der Waals surface area (Å²) in [5.41, 5.74) is 16.4. The van der Waals surface area contributed by atoms with Crippen molar-refractivity contribution < 1.29 is 36.2 Å². The molecule has 0 amide bonds. The van der Waals surface area contributed by atoms with Crippen LogP contribution in [0.5, 0.6) is 0 Å². The zero-order chi connectivity index (χ0) is 89.9. The van der Waals surface area contributed by atoms with Gasteiger partial charge in [0.15, 0.2) is 6.29 Å². The number of hydrogen-bond donors (Lipinski definition) is 0. The third-order valence-electron chi connectivity index (χ3n) is 20.6. The fourth-order valence-electron chi connectivity index (χ4n) is 11.9. The Morgan fingerprint density at radius 3 is 1.12 bits per heavy atom. The number of nitrogens with zero attached hydrogens (tertiary/aromatic N) is 4. The number of ether oxygens (including phenoxy) is 3. The number of aryl methyl sites for hydroxylation is 16. The van der Waals surface area contributed by atoms with Gasteiger partial charge in [0.05, 0.1) is 24.3 Å². The number of rotatable bonds is 0. The third-order valence-corrected chi connectivity index (χ3v) is 21.9. The van der Waals surface area contributed by atoms with Gasteiger partial charge in [-0.1, -0.05) is 233 Å². The molecule has 2 aromatic heterocycles. The molecular weight excluding hydrogens is 1570 g/mol. The Hall–Kier alpha value is -7.91. The molecule has 1 aliphatic carbocycles. The summed E-state index contributed by atoms with van der Waals surface area (Å²) in [6.07, 6.45) is 17.3. The molecule has 4 fully saturated rings. The monoisotopic (exact) mass is 1700 g/mol. The van der Waals surface area contributed by atoms with Crippen molar-refractivity contribution in [1.82, 2.24) is 19.9 Å². The van der Waals surface area contributed by atoms with Gasteiger partial charge in [0.25, 0.3) is 0 Å². The number of piperidine rings is 1. The lowest BCUT2D eigenvalue weighted by atomic mass is 9.84. The summed E-state index contributed by atoms with van der Waals surface area (Å²) in [6, 6.07) is 49.7. The maximum absolute atomic E-state index is 13.5. The summed E-state index contributed by atoms with van der Waals surface area (Å²) in [5, 5.41) is 6.28. The molecule has 7 nitrogen and oxygen atoms in total. The normalized spacial score (nSPS) is 17.0. The summed E-state index contributed by atoms with van der Waals surface area (Å²) in [5.74, 6) is 3.82. The van der Waals surface area contributed by atoms with Gasteiger partial charge in [0.2, 0.25) is 0 Å². The molecule has 120 heavy (non-hydrogen) atoms. The molecule has 11 aromatic rings. The highest BCUT2D eigenvalue weighted by atomic mass is 35.5. The molecule has 3 saturated heterocycles. The first-order valence-corrected chi connectivity index (χ1v) is 43.5. The van der Waals surface area contributed by atoms with Gasteiger partial charge in [-0.3, -0.25) is 4.98 Å². The van der Waals surface area contributed by atoms with Crippen LogP contribution in [-0.2, 0) is 14.2 Å². The van der Waals surface area contributed by atoms with Crippen LogP contribution in [0, 0.1) is 183 Å². The van der Waals surface area contributed by atoms with Crippen molar-refractivity contribution in [1.29, 1.82) is 0 Å². The van der Waals surface area contributed by atoms with Gasteiger partial charge in [0.1, 0.15) is 34.9 Å². The second-order valence-electron chi connectivity index (χ2n) is 33.5. The molecule has 2 atom stereocenters. The molecule has 1 saturated carbocycles. The Bertz CT molecular complexity index is 4220. The van der Waals surface area contributed by atoms with Gasteiger partial charge >= 0.3 is 0 Å². The van der Waals surface area contributed by atoms with Gasteiger partial charge in [0, 0.05) is 68.8 Å². The second kappa shape index (κ2) is 56.7. The molecule has 0 radical (unpaired) electrons. The molecule has 0 spiro atoms. The Balaban J connectivity index is 0.000000337. The molecule has 0 N–H and O–H groups in total. The molecule has 3 aliphatic heterocycles. The molecule has 2 unspecified atom stereocenters. The average molecular weight is 1710 g/mol. The van der Waals surface area contributed by atoms with Crippen LogP contribution in [0.2, 0.25) is 15.1 Å². The number of halogens is 8. The maximum atomic E-state index is 13.5. The van der Waals surface area contributed by atoms with Crippen LogP contribution >= 0.6 is 34.8 Å². The van der Waals surface area contributed by atoms with E-state index in [-0.39, 0.29) is 29.3 Å². The van der Waals surface area contributed by atoms with Crippen molar-refractivity contribution in [3.63, 3.8) is 0 Å². The van der Waals surface area contributed by atoms with E-state index >= 15 is 0 Å². The average Bonchev–Trinajstić information content (AvgIpc) is 0.815. The predicted molar refractivity (Wildman–Crippen MR) is 503 cm³/mol.